The largest absolute Gasteiger partial charge is 0.477 e. The number of nitrogens with one attached hydrogen (secondary N) is 3. The molecule has 192 valence electrons. The molecular formula is C29H25FN4O4. The summed E-state index contributed by atoms with van der Waals surface area (Å²) in [5.74, 6) is -3.94. The van der Waals surface area contributed by atoms with E-state index in [0.29, 0.717) is 38.7 Å². The number of benzene rings is 3. The molecule has 1 unspecified atom stereocenters. The van der Waals surface area contributed by atoms with Gasteiger partial charge in [0, 0.05) is 40.2 Å². The quantitative estimate of drug-likeness (QED) is 0.224. The van der Waals surface area contributed by atoms with Crippen molar-refractivity contribution in [3.05, 3.63) is 94.1 Å². The summed E-state index contributed by atoms with van der Waals surface area (Å²) in [5.41, 5.74) is 10.3. The van der Waals surface area contributed by atoms with Crippen molar-refractivity contribution in [2.24, 2.45) is 5.73 Å². The Bertz CT molecular complexity index is 1780. The van der Waals surface area contributed by atoms with Crippen LogP contribution in [0.15, 0.2) is 54.6 Å². The van der Waals surface area contributed by atoms with Crippen molar-refractivity contribution < 1.29 is 23.9 Å². The summed E-state index contributed by atoms with van der Waals surface area (Å²) in [7, 11) is 1.55. The average molecular weight is 513 g/mol. The van der Waals surface area contributed by atoms with Crippen molar-refractivity contribution in [3.8, 4) is 11.1 Å². The van der Waals surface area contributed by atoms with Crippen LogP contribution in [-0.2, 0) is 4.79 Å². The summed E-state index contributed by atoms with van der Waals surface area (Å²) in [6.45, 7) is 3.50. The third kappa shape index (κ3) is 3.88. The van der Waals surface area contributed by atoms with Gasteiger partial charge >= 0.3 is 5.97 Å². The fourth-order valence-electron chi connectivity index (χ4n) is 5.23. The number of amides is 2. The second kappa shape index (κ2) is 9.19. The molecule has 2 heterocycles. The average Bonchev–Trinajstić information content (AvgIpc) is 3.45. The van der Waals surface area contributed by atoms with Crippen LogP contribution in [0.2, 0.25) is 0 Å². The van der Waals surface area contributed by atoms with Crippen LogP contribution in [0.3, 0.4) is 0 Å². The molecule has 5 rings (SSSR count). The Hall–Kier alpha value is -4.92. The Morgan fingerprint density at radius 1 is 0.974 bits per heavy atom. The highest BCUT2D eigenvalue weighted by Crippen LogP contribution is 2.41. The highest BCUT2D eigenvalue weighted by Gasteiger charge is 2.33. The van der Waals surface area contributed by atoms with Crippen LogP contribution in [-0.4, -0.2) is 39.9 Å². The lowest BCUT2D eigenvalue weighted by Gasteiger charge is -2.17. The molecular weight excluding hydrogens is 487 g/mol. The van der Waals surface area contributed by atoms with E-state index in [1.54, 1.807) is 63.4 Å². The topological polar surface area (TPSA) is 141 Å². The Kier molecular flexibility index (Phi) is 5.99. The predicted octanol–water partition coefficient (Wildman–Crippen LogP) is 4.75. The van der Waals surface area contributed by atoms with Gasteiger partial charge in [-0.15, -0.1) is 0 Å². The van der Waals surface area contributed by atoms with Crippen LogP contribution >= 0.6 is 0 Å². The van der Waals surface area contributed by atoms with Crippen LogP contribution in [0.25, 0.3) is 32.9 Å². The lowest BCUT2D eigenvalue weighted by molar-refractivity contribution is -0.118. The van der Waals surface area contributed by atoms with Gasteiger partial charge in [-0.25, -0.2) is 9.18 Å². The Balaban J connectivity index is 1.81. The minimum absolute atomic E-state index is 0.178. The number of aryl methyl sites for hydroxylation is 2. The molecule has 9 heteroatoms. The number of H-pyrrole nitrogens is 2. The molecule has 1 atom stereocenters. The molecule has 0 aliphatic heterocycles. The zero-order chi connectivity index (χ0) is 27.3. The number of carbonyl (C=O) groups excluding carboxylic acids is 2. The van der Waals surface area contributed by atoms with E-state index < -0.39 is 23.6 Å². The first-order valence-electron chi connectivity index (χ1n) is 11.9. The van der Waals surface area contributed by atoms with Gasteiger partial charge in [0.25, 0.3) is 5.91 Å². The molecule has 0 spiro atoms. The maximum atomic E-state index is 14.7. The number of nitrogens with two attached hydrogens (primary N) is 1. The smallest absolute Gasteiger partial charge is 0.352 e. The summed E-state index contributed by atoms with van der Waals surface area (Å²) < 4.78 is 14.7. The number of aromatic nitrogens is 2. The zero-order valence-corrected chi connectivity index (χ0v) is 20.9. The van der Waals surface area contributed by atoms with Crippen molar-refractivity contribution in [1.82, 2.24) is 15.3 Å². The van der Waals surface area contributed by atoms with Gasteiger partial charge in [-0.05, 0) is 66.4 Å². The standard InChI is InChI=1S/C29H25FN4O4/c1-13-7-9-19(30)25-21(13)22(14(2)33-25)24(27(31)35)23-18-12-16(8-10-20(18)34-26(23)29(37)38)15-5-4-6-17(11-15)28(36)32-3/h4-12,24,33-34H,1-3H3,(H2,31,35)(H,32,36)(H,37,38). The van der Waals surface area contributed by atoms with E-state index in [4.69, 9.17) is 5.73 Å². The van der Waals surface area contributed by atoms with E-state index in [1.165, 1.54) is 6.07 Å². The van der Waals surface area contributed by atoms with Gasteiger partial charge in [0.05, 0.1) is 11.4 Å². The third-order valence-corrected chi connectivity index (χ3v) is 6.95. The number of halogens is 1. The fourth-order valence-corrected chi connectivity index (χ4v) is 5.23. The number of fused-ring (bicyclic) bond motifs is 2. The molecule has 0 radical (unpaired) electrons. The number of carboxylic acids is 1. The molecule has 0 saturated carbocycles. The monoisotopic (exact) mass is 512 g/mol. The molecule has 38 heavy (non-hydrogen) atoms. The molecule has 2 aromatic heterocycles. The number of primary amides is 1. The molecule has 6 N–H and O–H groups in total. The van der Waals surface area contributed by atoms with Crippen LogP contribution < -0.4 is 11.1 Å². The highest BCUT2D eigenvalue weighted by molar-refractivity contribution is 6.06. The second-order valence-corrected chi connectivity index (χ2v) is 9.25. The van der Waals surface area contributed by atoms with Gasteiger partial charge in [0.15, 0.2) is 0 Å². The fraction of sp³-hybridized carbons (Fsp3) is 0.138. The van der Waals surface area contributed by atoms with Crippen LogP contribution in [0.1, 0.15) is 49.1 Å². The highest BCUT2D eigenvalue weighted by atomic mass is 19.1. The molecule has 0 bridgehead atoms. The Labute approximate surface area is 216 Å². The van der Waals surface area contributed by atoms with Crippen molar-refractivity contribution in [2.45, 2.75) is 19.8 Å². The van der Waals surface area contributed by atoms with Crippen LogP contribution in [0.5, 0.6) is 0 Å². The summed E-state index contributed by atoms with van der Waals surface area (Å²) in [6, 6.07) is 15.2. The number of carboxylic acid groups (broad SMARTS) is 1. The molecule has 5 aromatic rings. The zero-order valence-electron chi connectivity index (χ0n) is 20.9. The molecule has 3 aromatic carbocycles. The number of hydrogen-bond donors (Lipinski definition) is 5. The molecule has 0 aliphatic rings. The molecule has 0 saturated heterocycles. The van der Waals surface area contributed by atoms with Gasteiger partial charge < -0.3 is 26.1 Å². The summed E-state index contributed by atoms with van der Waals surface area (Å²) in [6.07, 6.45) is 0. The van der Waals surface area contributed by atoms with Gasteiger partial charge in [-0.2, -0.15) is 0 Å². The van der Waals surface area contributed by atoms with E-state index >= 15 is 0 Å². The summed E-state index contributed by atoms with van der Waals surface area (Å²) in [4.78, 5) is 43.5. The van der Waals surface area contributed by atoms with Crippen molar-refractivity contribution in [3.63, 3.8) is 0 Å². The number of rotatable bonds is 6. The second-order valence-electron chi connectivity index (χ2n) is 9.25. The van der Waals surface area contributed by atoms with Crippen LogP contribution in [0, 0.1) is 19.7 Å². The third-order valence-electron chi connectivity index (χ3n) is 6.95. The van der Waals surface area contributed by atoms with Gasteiger partial charge in [0.2, 0.25) is 5.91 Å². The van der Waals surface area contributed by atoms with E-state index in [0.717, 1.165) is 11.1 Å². The van der Waals surface area contributed by atoms with Crippen molar-refractivity contribution >= 4 is 39.6 Å². The minimum atomic E-state index is -1.26. The first-order chi connectivity index (χ1) is 18.1. The van der Waals surface area contributed by atoms with Gasteiger partial charge in [-0.1, -0.05) is 24.3 Å². The molecule has 8 nitrogen and oxygen atoms in total. The minimum Gasteiger partial charge on any atom is -0.477 e. The summed E-state index contributed by atoms with van der Waals surface area (Å²) in [5, 5.41) is 13.7. The SMILES string of the molecule is CNC(=O)c1cccc(-c2ccc3[nH]c(C(=O)O)c(C(C(N)=O)c4c(C)[nH]c5c(F)ccc(C)c45)c3c2)c1. The van der Waals surface area contributed by atoms with Crippen molar-refractivity contribution in [1.29, 1.82) is 0 Å². The lowest BCUT2D eigenvalue weighted by atomic mass is 9.85. The number of hydrogen-bond acceptors (Lipinski definition) is 3. The molecule has 0 fully saturated rings. The number of carbonyl (C=O) groups is 3. The maximum absolute atomic E-state index is 14.7. The Morgan fingerprint density at radius 2 is 1.71 bits per heavy atom. The first-order valence-corrected chi connectivity index (χ1v) is 11.9. The number of aromatic amines is 2. The van der Waals surface area contributed by atoms with E-state index in [9.17, 15) is 23.9 Å². The van der Waals surface area contributed by atoms with Crippen LogP contribution in [0.4, 0.5) is 4.39 Å². The normalized spacial score (nSPS) is 12.1. The van der Waals surface area contributed by atoms with Crippen molar-refractivity contribution in [2.75, 3.05) is 7.05 Å². The predicted molar refractivity (Wildman–Crippen MR) is 143 cm³/mol. The maximum Gasteiger partial charge on any atom is 0.352 e. The van der Waals surface area contributed by atoms with E-state index in [-0.39, 0.29) is 22.7 Å². The first kappa shape index (κ1) is 24.8. The number of aromatic carboxylic acids is 1. The van der Waals surface area contributed by atoms with Gasteiger partial charge in [-0.3, -0.25) is 9.59 Å². The summed E-state index contributed by atoms with van der Waals surface area (Å²) >= 11 is 0. The van der Waals surface area contributed by atoms with Gasteiger partial charge in [0.1, 0.15) is 11.5 Å². The van der Waals surface area contributed by atoms with E-state index in [1.807, 2.05) is 6.07 Å². The molecule has 0 aliphatic carbocycles. The Morgan fingerprint density at radius 3 is 2.39 bits per heavy atom. The molecule has 2 amide bonds. The lowest BCUT2D eigenvalue weighted by Crippen LogP contribution is -2.24. The van der Waals surface area contributed by atoms with E-state index in [2.05, 4.69) is 15.3 Å².